The van der Waals surface area contributed by atoms with Gasteiger partial charge in [-0.3, -0.25) is 4.90 Å². The summed E-state index contributed by atoms with van der Waals surface area (Å²) in [6.07, 6.45) is 4.14. The van der Waals surface area contributed by atoms with Crippen LogP contribution in [0.15, 0.2) is 16.7 Å². The molecule has 1 aliphatic rings. The van der Waals surface area contributed by atoms with Crippen molar-refractivity contribution in [2.45, 2.75) is 25.4 Å². The van der Waals surface area contributed by atoms with E-state index in [2.05, 4.69) is 14.4 Å². The maximum absolute atomic E-state index is 11.5. The maximum atomic E-state index is 11.5. The van der Waals surface area contributed by atoms with Crippen molar-refractivity contribution in [2.75, 3.05) is 26.5 Å². The van der Waals surface area contributed by atoms with Crippen LogP contribution in [0.3, 0.4) is 0 Å². The lowest BCUT2D eigenvalue weighted by atomic mass is 10.1. The van der Waals surface area contributed by atoms with Crippen molar-refractivity contribution in [3.05, 3.63) is 23.7 Å². The summed E-state index contributed by atoms with van der Waals surface area (Å²) in [7, 11) is -1.84. The summed E-state index contributed by atoms with van der Waals surface area (Å²) in [4.78, 5) is 13.7. The van der Waals surface area contributed by atoms with E-state index in [1.54, 1.807) is 6.07 Å². The third-order valence-electron chi connectivity index (χ3n) is 3.48. The molecule has 0 saturated carbocycles. The molecule has 0 bridgehead atoms. The molecule has 1 saturated heterocycles. The van der Waals surface area contributed by atoms with Crippen LogP contribution in [0.4, 0.5) is 0 Å². The SMILES string of the molecule is COC(=O)c1occc1CN1CCC(NS(C)(=O)=O)CC1. The van der Waals surface area contributed by atoms with E-state index in [9.17, 15) is 13.2 Å². The Hall–Kier alpha value is -1.38. The van der Waals surface area contributed by atoms with Gasteiger partial charge in [-0.05, 0) is 18.9 Å². The van der Waals surface area contributed by atoms with Crippen LogP contribution in [0, 0.1) is 0 Å². The summed E-state index contributed by atoms with van der Waals surface area (Å²) in [5.74, 6) is -0.252. The topological polar surface area (TPSA) is 88.8 Å². The summed E-state index contributed by atoms with van der Waals surface area (Å²) >= 11 is 0. The van der Waals surface area contributed by atoms with Crippen molar-refractivity contribution in [2.24, 2.45) is 0 Å². The van der Waals surface area contributed by atoms with Crippen LogP contribution >= 0.6 is 0 Å². The normalized spacial score (nSPS) is 17.8. The molecule has 2 heterocycles. The molecule has 0 spiro atoms. The van der Waals surface area contributed by atoms with E-state index in [0.717, 1.165) is 31.5 Å². The van der Waals surface area contributed by atoms with Gasteiger partial charge in [0.15, 0.2) is 0 Å². The molecule has 1 aromatic rings. The van der Waals surface area contributed by atoms with Crippen molar-refractivity contribution in [3.8, 4) is 0 Å². The quantitative estimate of drug-likeness (QED) is 0.799. The number of sulfonamides is 1. The maximum Gasteiger partial charge on any atom is 0.374 e. The van der Waals surface area contributed by atoms with Crippen LogP contribution < -0.4 is 4.72 Å². The first-order chi connectivity index (χ1) is 9.89. The molecule has 118 valence electrons. The van der Waals surface area contributed by atoms with E-state index in [1.165, 1.54) is 19.6 Å². The van der Waals surface area contributed by atoms with Gasteiger partial charge in [0.1, 0.15) is 0 Å². The Balaban J connectivity index is 1.89. The van der Waals surface area contributed by atoms with Crippen LogP contribution in [0.25, 0.3) is 0 Å². The van der Waals surface area contributed by atoms with E-state index in [4.69, 9.17) is 4.42 Å². The molecule has 0 radical (unpaired) electrons. The van der Waals surface area contributed by atoms with Gasteiger partial charge in [-0.2, -0.15) is 0 Å². The number of carbonyl (C=O) groups excluding carboxylic acids is 1. The lowest BCUT2D eigenvalue weighted by Gasteiger charge is -2.31. The van der Waals surface area contributed by atoms with Crippen molar-refractivity contribution in [1.29, 1.82) is 0 Å². The zero-order valence-electron chi connectivity index (χ0n) is 12.2. The largest absolute Gasteiger partial charge is 0.463 e. The number of hydrogen-bond donors (Lipinski definition) is 1. The van der Waals surface area contributed by atoms with Crippen LogP contribution in [0.5, 0.6) is 0 Å². The fourth-order valence-electron chi connectivity index (χ4n) is 2.48. The standard InChI is InChI=1S/C13H20N2O5S/c1-19-13(16)12-10(5-8-20-12)9-15-6-3-11(4-7-15)14-21(2,17)18/h5,8,11,14H,3-4,6-7,9H2,1-2H3. The number of ether oxygens (including phenoxy) is 1. The summed E-state index contributed by atoms with van der Waals surface area (Å²) in [6.45, 7) is 2.12. The second-order valence-electron chi connectivity index (χ2n) is 5.21. The van der Waals surface area contributed by atoms with Crippen LogP contribution in [0.1, 0.15) is 29.0 Å². The molecule has 0 atom stereocenters. The minimum absolute atomic E-state index is 0.0133. The molecule has 0 unspecified atom stereocenters. The van der Waals surface area contributed by atoms with E-state index in [1.807, 2.05) is 0 Å². The highest BCUT2D eigenvalue weighted by Crippen LogP contribution is 2.18. The first-order valence-corrected chi connectivity index (χ1v) is 8.62. The Kier molecular flexibility index (Phi) is 5.02. The third-order valence-corrected chi connectivity index (χ3v) is 4.24. The molecule has 0 aromatic carbocycles. The molecule has 1 aromatic heterocycles. The zero-order chi connectivity index (χ0) is 15.5. The molecule has 7 nitrogen and oxygen atoms in total. The molecule has 1 aliphatic heterocycles. The smallest absolute Gasteiger partial charge is 0.374 e. The Morgan fingerprint density at radius 1 is 1.48 bits per heavy atom. The minimum atomic E-state index is -3.16. The van der Waals surface area contributed by atoms with Gasteiger partial charge in [-0.25, -0.2) is 17.9 Å². The van der Waals surface area contributed by atoms with Crippen molar-refractivity contribution >= 4 is 16.0 Å². The van der Waals surface area contributed by atoms with Gasteiger partial charge in [0.2, 0.25) is 15.8 Å². The van der Waals surface area contributed by atoms with Gasteiger partial charge in [0, 0.05) is 31.2 Å². The number of nitrogens with one attached hydrogen (secondary N) is 1. The number of likely N-dealkylation sites (tertiary alicyclic amines) is 1. The summed E-state index contributed by atoms with van der Waals surface area (Å²) in [5.41, 5.74) is 0.788. The molecule has 1 fully saturated rings. The number of furan rings is 1. The fourth-order valence-corrected chi connectivity index (χ4v) is 3.33. The predicted molar refractivity (Wildman–Crippen MR) is 76.3 cm³/mol. The Labute approximate surface area is 124 Å². The molecular formula is C13H20N2O5S. The van der Waals surface area contributed by atoms with E-state index < -0.39 is 16.0 Å². The van der Waals surface area contributed by atoms with E-state index >= 15 is 0 Å². The highest BCUT2D eigenvalue weighted by molar-refractivity contribution is 7.88. The lowest BCUT2D eigenvalue weighted by Crippen LogP contribution is -2.44. The first-order valence-electron chi connectivity index (χ1n) is 6.73. The summed E-state index contributed by atoms with van der Waals surface area (Å²) in [5, 5.41) is 0. The molecule has 2 rings (SSSR count). The third kappa shape index (κ3) is 4.55. The Morgan fingerprint density at radius 3 is 2.71 bits per heavy atom. The zero-order valence-corrected chi connectivity index (χ0v) is 13.0. The molecule has 1 N–H and O–H groups in total. The lowest BCUT2D eigenvalue weighted by molar-refractivity contribution is 0.0561. The van der Waals surface area contributed by atoms with Gasteiger partial charge in [-0.1, -0.05) is 0 Å². The fraction of sp³-hybridized carbons (Fsp3) is 0.615. The van der Waals surface area contributed by atoms with Gasteiger partial charge >= 0.3 is 5.97 Å². The first kappa shape index (κ1) is 16.0. The van der Waals surface area contributed by atoms with E-state index in [-0.39, 0.29) is 11.8 Å². The monoisotopic (exact) mass is 316 g/mol. The van der Waals surface area contributed by atoms with Crippen LogP contribution in [-0.4, -0.2) is 51.8 Å². The average molecular weight is 316 g/mol. The summed E-state index contributed by atoms with van der Waals surface area (Å²) in [6, 6.07) is 1.74. The number of hydrogen-bond acceptors (Lipinski definition) is 6. The molecular weight excluding hydrogens is 296 g/mol. The Bertz CT molecular complexity index is 587. The minimum Gasteiger partial charge on any atom is -0.463 e. The number of piperidine rings is 1. The number of methoxy groups -OCH3 is 1. The van der Waals surface area contributed by atoms with Gasteiger partial charge in [0.05, 0.1) is 19.6 Å². The second kappa shape index (κ2) is 6.59. The Morgan fingerprint density at radius 2 is 2.14 bits per heavy atom. The number of rotatable bonds is 5. The van der Waals surface area contributed by atoms with Crippen molar-refractivity contribution in [1.82, 2.24) is 9.62 Å². The van der Waals surface area contributed by atoms with Crippen LogP contribution in [-0.2, 0) is 21.3 Å². The van der Waals surface area contributed by atoms with Gasteiger partial charge in [0.25, 0.3) is 0 Å². The number of esters is 1. The van der Waals surface area contributed by atoms with Crippen molar-refractivity contribution in [3.63, 3.8) is 0 Å². The van der Waals surface area contributed by atoms with E-state index in [0.29, 0.717) is 6.54 Å². The summed E-state index contributed by atoms with van der Waals surface area (Å²) < 4.78 is 34.9. The van der Waals surface area contributed by atoms with Crippen molar-refractivity contribution < 1.29 is 22.4 Å². The molecule has 0 amide bonds. The van der Waals surface area contributed by atoms with Crippen LogP contribution in [0.2, 0.25) is 0 Å². The number of nitrogens with zero attached hydrogens (tertiary/aromatic N) is 1. The second-order valence-corrected chi connectivity index (χ2v) is 6.99. The highest BCUT2D eigenvalue weighted by atomic mass is 32.2. The molecule has 0 aliphatic carbocycles. The number of carbonyl (C=O) groups is 1. The highest BCUT2D eigenvalue weighted by Gasteiger charge is 2.24. The average Bonchev–Trinajstić information content (AvgIpc) is 2.86. The molecule has 21 heavy (non-hydrogen) atoms. The van der Waals surface area contributed by atoms with Gasteiger partial charge in [-0.15, -0.1) is 0 Å². The molecule has 8 heteroatoms. The predicted octanol–water partition coefficient (Wildman–Crippen LogP) is 0.580. The van der Waals surface area contributed by atoms with Gasteiger partial charge < -0.3 is 9.15 Å².